The van der Waals surface area contributed by atoms with Crippen molar-refractivity contribution in [3.8, 4) is 0 Å². The number of hydrogen-bond donors (Lipinski definition) is 0. The summed E-state index contributed by atoms with van der Waals surface area (Å²) in [5.74, 6) is -2.03. The number of unbranched alkanes of at least 4 members (excludes halogenated alkanes) is 1. The van der Waals surface area contributed by atoms with Gasteiger partial charge in [-0.3, -0.25) is 0 Å². The fourth-order valence-electron chi connectivity index (χ4n) is 0.321. The molecule has 0 amide bonds. The maximum absolute atomic E-state index is 9.65. The van der Waals surface area contributed by atoms with Crippen LogP contribution in [0.3, 0.4) is 0 Å². The van der Waals surface area contributed by atoms with E-state index in [-0.39, 0.29) is 105 Å². The third kappa shape index (κ3) is 56.0. The van der Waals surface area contributed by atoms with E-state index in [0.717, 1.165) is 19.8 Å². The van der Waals surface area contributed by atoms with E-state index >= 15 is 0 Å². The summed E-state index contributed by atoms with van der Waals surface area (Å²) in [5, 5.41) is 18.5. The Morgan fingerprint density at radius 3 is 1.62 bits per heavy atom. The topological polar surface area (TPSA) is 80.3 Å². The van der Waals surface area contributed by atoms with Crippen LogP contribution in [0.4, 0.5) is 0 Å². The average molecular weight is 316 g/mol. The van der Waals surface area contributed by atoms with Crippen molar-refractivity contribution >= 4 is 11.9 Å². The smallest absolute Gasteiger partial charge is 0.550 e. The Morgan fingerprint density at radius 2 is 1.54 bits per heavy atom. The van der Waals surface area contributed by atoms with Gasteiger partial charge in [-0.25, -0.2) is 0 Å². The molecule has 0 rings (SSSR count). The Balaban J connectivity index is -0.0000000600. The Kier molecular flexibility index (Phi) is 36.5. The van der Waals surface area contributed by atoms with Crippen molar-refractivity contribution in [1.82, 2.24) is 0 Å². The van der Waals surface area contributed by atoms with Crippen LogP contribution in [-0.4, -0.2) is 11.9 Å². The Bertz CT molecular complexity index is 126. The molecule has 0 N–H and O–H groups in total. The third-order valence-electron chi connectivity index (χ3n) is 0.734. The van der Waals surface area contributed by atoms with Crippen LogP contribution in [-0.2, 0) is 9.59 Å². The molecular formula is C7H12CsNaO4. The predicted molar refractivity (Wildman–Crippen MR) is 35.2 cm³/mol. The van der Waals surface area contributed by atoms with E-state index in [1.807, 2.05) is 6.92 Å². The Morgan fingerprint density at radius 1 is 1.23 bits per heavy atom. The summed E-state index contributed by atoms with van der Waals surface area (Å²) in [5.41, 5.74) is 0. The van der Waals surface area contributed by atoms with Crippen molar-refractivity contribution in [1.29, 1.82) is 0 Å². The second-order valence-electron chi connectivity index (χ2n) is 1.97. The van der Waals surface area contributed by atoms with Crippen LogP contribution in [0.1, 0.15) is 33.1 Å². The maximum atomic E-state index is 9.65. The zero-order chi connectivity index (χ0) is 9.28. The zero-order valence-corrected chi connectivity index (χ0v) is 17.0. The first-order chi connectivity index (χ1) is 5.00. The monoisotopic (exact) mass is 316 g/mol. The van der Waals surface area contributed by atoms with Gasteiger partial charge in [0.1, 0.15) is 0 Å². The van der Waals surface area contributed by atoms with Gasteiger partial charge in [-0.2, -0.15) is 0 Å². The minimum absolute atomic E-state index is 0. The summed E-state index contributed by atoms with van der Waals surface area (Å²) in [7, 11) is 0. The normalized spacial score (nSPS) is 6.62. The molecule has 4 nitrogen and oxygen atoms in total. The molecule has 13 heavy (non-hydrogen) atoms. The number of rotatable bonds is 3. The molecule has 0 atom stereocenters. The fraction of sp³-hybridized carbons (Fsp3) is 0.714. The molecule has 0 heterocycles. The van der Waals surface area contributed by atoms with Gasteiger partial charge in [-0.05, 0) is 19.8 Å². The van der Waals surface area contributed by atoms with E-state index in [1.54, 1.807) is 0 Å². The first-order valence-corrected chi connectivity index (χ1v) is 3.38. The summed E-state index contributed by atoms with van der Waals surface area (Å²) in [6.07, 6.45) is 1.87. The summed E-state index contributed by atoms with van der Waals surface area (Å²) >= 11 is 0. The molecule has 0 spiro atoms. The van der Waals surface area contributed by atoms with Gasteiger partial charge in [0.15, 0.2) is 0 Å². The van der Waals surface area contributed by atoms with Gasteiger partial charge in [0.05, 0.1) is 0 Å². The fourth-order valence-corrected chi connectivity index (χ4v) is 0.321. The Hall–Kier alpha value is 1.99. The van der Waals surface area contributed by atoms with Crippen LogP contribution >= 0.6 is 0 Å². The largest absolute Gasteiger partial charge is 1.00 e. The van der Waals surface area contributed by atoms with E-state index in [0.29, 0.717) is 0 Å². The van der Waals surface area contributed by atoms with Gasteiger partial charge in [0.25, 0.3) is 0 Å². The molecule has 66 valence electrons. The molecule has 0 saturated carbocycles. The molecule has 0 aliphatic rings. The molecule has 0 aliphatic heterocycles. The molecule has 0 unspecified atom stereocenters. The van der Waals surface area contributed by atoms with Gasteiger partial charge >= 0.3 is 98.5 Å². The van der Waals surface area contributed by atoms with Gasteiger partial charge in [-0.15, -0.1) is 0 Å². The number of aliphatic carboxylic acids is 2. The number of carbonyl (C=O) groups is 2. The van der Waals surface area contributed by atoms with Crippen LogP contribution in [0.5, 0.6) is 0 Å². The maximum Gasteiger partial charge on any atom is 1.00 e. The van der Waals surface area contributed by atoms with E-state index in [1.165, 1.54) is 0 Å². The van der Waals surface area contributed by atoms with Gasteiger partial charge in [-0.1, -0.05) is 13.3 Å². The minimum atomic E-state index is -1.08. The van der Waals surface area contributed by atoms with E-state index in [4.69, 9.17) is 9.90 Å². The van der Waals surface area contributed by atoms with E-state index in [9.17, 15) is 9.90 Å². The molecule has 0 radical (unpaired) electrons. The number of carboxylic acids is 2. The van der Waals surface area contributed by atoms with Crippen molar-refractivity contribution < 1.29 is 118 Å². The molecule has 0 saturated heterocycles. The first kappa shape index (κ1) is 24.3. The second kappa shape index (κ2) is 19.5. The molecular weight excluding hydrogens is 304 g/mol. The Labute approximate surface area is 160 Å². The predicted octanol–water partition coefficient (Wildman–Crippen LogP) is -7.31. The zero-order valence-electron chi connectivity index (χ0n) is 8.75. The molecule has 0 aromatic rings. The van der Waals surface area contributed by atoms with Crippen molar-refractivity contribution in [3.63, 3.8) is 0 Å². The molecule has 0 fully saturated rings. The quantitative estimate of drug-likeness (QED) is 0.485. The number of hydrogen-bond acceptors (Lipinski definition) is 4. The van der Waals surface area contributed by atoms with Gasteiger partial charge < -0.3 is 19.8 Å². The van der Waals surface area contributed by atoms with Crippen LogP contribution in [0.2, 0.25) is 0 Å². The molecule has 0 bridgehead atoms. The third-order valence-corrected chi connectivity index (χ3v) is 0.734. The number of carbonyl (C=O) groups excluding carboxylic acids is 2. The SMILES string of the molecule is CC(=O)[O-].CCCCC(=O)[O-].[Cs+].[Na+]. The van der Waals surface area contributed by atoms with E-state index in [2.05, 4.69) is 0 Å². The molecule has 0 aromatic carbocycles. The van der Waals surface area contributed by atoms with Crippen LogP contribution in [0, 0.1) is 0 Å². The second-order valence-corrected chi connectivity index (χ2v) is 1.97. The summed E-state index contributed by atoms with van der Waals surface area (Å²) in [4.78, 5) is 18.5. The summed E-state index contributed by atoms with van der Waals surface area (Å²) in [6.45, 7) is 2.92. The minimum Gasteiger partial charge on any atom is -0.550 e. The molecule has 0 aromatic heterocycles. The molecule has 6 heteroatoms. The number of carboxylic acid groups (broad SMARTS) is 2. The van der Waals surface area contributed by atoms with Crippen molar-refractivity contribution in [2.45, 2.75) is 33.1 Å². The van der Waals surface area contributed by atoms with Crippen molar-refractivity contribution in [2.24, 2.45) is 0 Å². The summed E-state index contributed by atoms with van der Waals surface area (Å²) < 4.78 is 0. The molecule has 0 aliphatic carbocycles. The van der Waals surface area contributed by atoms with Gasteiger partial charge in [0.2, 0.25) is 0 Å². The van der Waals surface area contributed by atoms with Crippen LogP contribution in [0.15, 0.2) is 0 Å². The standard InChI is InChI=1S/C5H10O2.C2H4O2.Cs.Na/c1-2-3-4-5(6)7;1-2(3)4;;/h2-4H2,1H3,(H,6,7);1H3,(H,3,4);;/q;;2*+1/p-2. The van der Waals surface area contributed by atoms with Crippen LogP contribution in [0.25, 0.3) is 0 Å². The van der Waals surface area contributed by atoms with Crippen LogP contribution < -0.4 is 109 Å². The summed E-state index contributed by atoms with van der Waals surface area (Å²) in [6, 6.07) is 0. The van der Waals surface area contributed by atoms with Crippen molar-refractivity contribution in [2.75, 3.05) is 0 Å². The first-order valence-electron chi connectivity index (χ1n) is 3.38. The van der Waals surface area contributed by atoms with Crippen molar-refractivity contribution in [3.05, 3.63) is 0 Å². The van der Waals surface area contributed by atoms with Gasteiger partial charge in [0, 0.05) is 11.9 Å². The average Bonchev–Trinajstić information content (AvgIpc) is 1.82. The van der Waals surface area contributed by atoms with E-state index < -0.39 is 11.9 Å².